The zero-order chi connectivity index (χ0) is 18.6. The minimum Gasteiger partial charge on any atom is -0.491 e. The summed E-state index contributed by atoms with van der Waals surface area (Å²) < 4.78 is 10.5. The lowest BCUT2D eigenvalue weighted by Crippen LogP contribution is -2.37. The topological polar surface area (TPSA) is 67.8 Å². The number of nitrogens with zero attached hydrogens (tertiary/aromatic N) is 2. The fourth-order valence-corrected chi connectivity index (χ4v) is 2.34. The van der Waals surface area contributed by atoms with Crippen LogP contribution in [0.5, 0.6) is 5.75 Å². The predicted molar refractivity (Wildman–Crippen MR) is 105 cm³/mol. The summed E-state index contributed by atoms with van der Waals surface area (Å²) >= 11 is 5.79. The van der Waals surface area contributed by atoms with Crippen molar-refractivity contribution >= 4 is 17.6 Å². The normalized spacial score (nSPS) is 11.3. The number of aliphatic imine (C=N–C) groups is 1. The summed E-state index contributed by atoms with van der Waals surface area (Å²) in [4.78, 5) is 8.31. The lowest BCUT2D eigenvalue weighted by molar-refractivity contribution is 0.146. The van der Waals surface area contributed by atoms with Crippen LogP contribution in [0, 0.1) is 0 Å². The number of ether oxygens (including phenoxy) is 2. The first kappa shape index (κ1) is 20.0. The SMILES string of the molecule is CN=C(NCCc1ccc(Cl)nc1)NCc1ccc(OCCOC)cc1. The van der Waals surface area contributed by atoms with Gasteiger partial charge < -0.3 is 20.1 Å². The minimum absolute atomic E-state index is 0.509. The highest BCUT2D eigenvalue weighted by atomic mass is 35.5. The first-order valence-corrected chi connectivity index (χ1v) is 8.84. The van der Waals surface area contributed by atoms with Gasteiger partial charge in [0.05, 0.1) is 6.61 Å². The van der Waals surface area contributed by atoms with Gasteiger partial charge in [-0.1, -0.05) is 29.8 Å². The Kier molecular flexibility index (Phi) is 8.72. The molecule has 0 atom stereocenters. The number of guanidine groups is 1. The maximum atomic E-state index is 5.79. The molecule has 0 aliphatic carbocycles. The van der Waals surface area contributed by atoms with Crippen LogP contribution in [-0.4, -0.2) is 44.9 Å². The molecule has 2 rings (SSSR count). The average Bonchev–Trinajstić information content (AvgIpc) is 2.67. The summed E-state index contributed by atoms with van der Waals surface area (Å²) in [7, 11) is 3.41. The third-order valence-electron chi connectivity index (χ3n) is 3.66. The average molecular weight is 377 g/mol. The monoisotopic (exact) mass is 376 g/mol. The van der Waals surface area contributed by atoms with E-state index in [2.05, 4.69) is 20.6 Å². The first-order valence-electron chi connectivity index (χ1n) is 8.47. The number of pyridine rings is 1. The van der Waals surface area contributed by atoms with Crippen molar-refractivity contribution < 1.29 is 9.47 Å². The molecule has 2 N–H and O–H groups in total. The molecule has 0 spiro atoms. The summed E-state index contributed by atoms with van der Waals surface area (Å²) in [6, 6.07) is 11.7. The molecule has 26 heavy (non-hydrogen) atoms. The van der Waals surface area contributed by atoms with Crippen LogP contribution in [0.15, 0.2) is 47.6 Å². The van der Waals surface area contributed by atoms with Gasteiger partial charge in [0.25, 0.3) is 0 Å². The van der Waals surface area contributed by atoms with Crippen LogP contribution in [0.2, 0.25) is 5.15 Å². The van der Waals surface area contributed by atoms with E-state index in [4.69, 9.17) is 21.1 Å². The minimum atomic E-state index is 0.509. The van der Waals surface area contributed by atoms with Crippen LogP contribution in [-0.2, 0) is 17.7 Å². The lowest BCUT2D eigenvalue weighted by Gasteiger charge is -2.12. The molecule has 0 aliphatic rings. The highest BCUT2D eigenvalue weighted by Crippen LogP contribution is 2.12. The van der Waals surface area contributed by atoms with Crippen molar-refractivity contribution in [1.82, 2.24) is 15.6 Å². The van der Waals surface area contributed by atoms with Gasteiger partial charge in [-0.25, -0.2) is 4.98 Å². The molecule has 0 saturated carbocycles. The fourth-order valence-electron chi connectivity index (χ4n) is 2.23. The first-order chi connectivity index (χ1) is 12.7. The molecule has 0 aliphatic heterocycles. The molecule has 0 amide bonds. The number of halogens is 1. The molecule has 140 valence electrons. The molecule has 0 bridgehead atoms. The van der Waals surface area contributed by atoms with Gasteiger partial charge in [0.1, 0.15) is 17.5 Å². The van der Waals surface area contributed by atoms with E-state index in [1.165, 1.54) is 0 Å². The van der Waals surface area contributed by atoms with Gasteiger partial charge in [0.2, 0.25) is 0 Å². The Hall–Kier alpha value is -2.31. The molecule has 6 nitrogen and oxygen atoms in total. The summed E-state index contributed by atoms with van der Waals surface area (Å²) in [5.41, 5.74) is 2.27. The van der Waals surface area contributed by atoms with Crippen LogP contribution < -0.4 is 15.4 Å². The Morgan fingerprint density at radius 2 is 1.85 bits per heavy atom. The highest BCUT2D eigenvalue weighted by Gasteiger charge is 2.00. The zero-order valence-corrected chi connectivity index (χ0v) is 15.9. The predicted octanol–water partition coefficient (Wildman–Crippen LogP) is 2.67. The number of hydrogen-bond donors (Lipinski definition) is 2. The summed E-state index contributed by atoms with van der Waals surface area (Å²) in [5.74, 6) is 1.59. The third-order valence-corrected chi connectivity index (χ3v) is 3.88. The third kappa shape index (κ3) is 7.29. The summed E-state index contributed by atoms with van der Waals surface area (Å²) in [5, 5.41) is 7.09. The second-order valence-corrected chi connectivity index (χ2v) is 5.96. The number of methoxy groups -OCH3 is 1. The number of rotatable bonds is 9. The van der Waals surface area contributed by atoms with Crippen molar-refractivity contribution in [3.05, 3.63) is 58.9 Å². The molecule has 1 heterocycles. The fraction of sp³-hybridized carbons (Fsp3) is 0.368. The molecule has 0 unspecified atom stereocenters. The number of benzene rings is 1. The van der Waals surface area contributed by atoms with E-state index in [1.54, 1.807) is 26.4 Å². The standard InChI is InChI=1S/C19H25ClN4O2/c1-21-19(22-10-9-16-5-8-18(20)23-13-16)24-14-15-3-6-17(7-4-15)26-12-11-25-2/h3-8,13H,9-12,14H2,1-2H3,(H2,21,22,24). The Bertz CT molecular complexity index is 675. The van der Waals surface area contributed by atoms with Crippen LogP contribution in [0.1, 0.15) is 11.1 Å². The summed E-state index contributed by atoms with van der Waals surface area (Å²) in [6.07, 6.45) is 2.63. The molecule has 0 radical (unpaired) electrons. The number of aromatic nitrogens is 1. The molecule has 0 fully saturated rings. The van der Waals surface area contributed by atoms with Crippen LogP contribution in [0.25, 0.3) is 0 Å². The molecule has 7 heteroatoms. The Morgan fingerprint density at radius 3 is 2.50 bits per heavy atom. The van der Waals surface area contributed by atoms with Gasteiger partial charge in [-0.3, -0.25) is 4.99 Å². The molecule has 2 aromatic rings. The number of hydrogen-bond acceptors (Lipinski definition) is 4. The van der Waals surface area contributed by atoms with Crippen molar-refractivity contribution in [3.63, 3.8) is 0 Å². The lowest BCUT2D eigenvalue weighted by atomic mass is 10.2. The molecule has 0 saturated heterocycles. The van der Waals surface area contributed by atoms with Gasteiger partial charge in [-0.2, -0.15) is 0 Å². The van der Waals surface area contributed by atoms with Crippen molar-refractivity contribution in [1.29, 1.82) is 0 Å². The van der Waals surface area contributed by atoms with Crippen LogP contribution in [0.4, 0.5) is 0 Å². The maximum absolute atomic E-state index is 5.79. The van der Waals surface area contributed by atoms with Crippen molar-refractivity contribution in [2.45, 2.75) is 13.0 Å². The van der Waals surface area contributed by atoms with Crippen molar-refractivity contribution in [3.8, 4) is 5.75 Å². The second-order valence-electron chi connectivity index (χ2n) is 5.58. The molecular formula is C19H25ClN4O2. The van der Waals surface area contributed by atoms with Crippen molar-refractivity contribution in [2.24, 2.45) is 4.99 Å². The van der Waals surface area contributed by atoms with E-state index >= 15 is 0 Å². The van der Waals surface area contributed by atoms with E-state index in [1.807, 2.05) is 30.3 Å². The molecule has 1 aromatic heterocycles. The maximum Gasteiger partial charge on any atom is 0.191 e. The highest BCUT2D eigenvalue weighted by molar-refractivity contribution is 6.29. The quantitative estimate of drug-likeness (QED) is 0.305. The van der Waals surface area contributed by atoms with E-state index in [-0.39, 0.29) is 0 Å². The molecular weight excluding hydrogens is 352 g/mol. The van der Waals surface area contributed by atoms with Crippen molar-refractivity contribution in [2.75, 3.05) is 33.9 Å². The summed E-state index contributed by atoms with van der Waals surface area (Å²) in [6.45, 7) is 2.57. The van der Waals surface area contributed by atoms with E-state index in [0.29, 0.717) is 24.9 Å². The molecule has 1 aromatic carbocycles. The largest absolute Gasteiger partial charge is 0.491 e. The van der Waals surface area contributed by atoms with Gasteiger partial charge in [0.15, 0.2) is 5.96 Å². The number of nitrogens with one attached hydrogen (secondary N) is 2. The van der Waals surface area contributed by atoms with E-state index in [0.717, 1.165) is 35.8 Å². The van der Waals surface area contributed by atoms with Crippen LogP contribution in [0.3, 0.4) is 0 Å². The van der Waals surface area contributed by atoms with Gasteiger partial charge in [-0.05, 0) is 35.7 Å². The zero-order valence-electron chi connectivity index (χ0n) is 15.2. The second kappa shape index (κ2) is 11.3. The van der Waals surface area contributed by atoms with E-state index < -0.39 is 0 Å². The van der Waals surface area contributed by atoms with Gasteiger partial charge in [0, 0.05) is 33.4 Å². The van der Waals surface area contributed by atoms with Crippen LogP contribution >= 0.6 is 11.6 Å². The Balaban J connectivity index is 1.71. The van der Waals surface area contributed by atoms with Gasteiger partial charge >= 0.3 is 0 Å². The Labute approximate surface area is 159 Å². The Morgan fingerprint density at radius 1 is 1.08 bits per heavy atom. The van der Waals surface area contributed by atoms with Gasteiger partial charge in [-0.15, -0.1) is 0 Å². The smallest absolute Gasteiger partial charge is 0.191 e. The van der Waals surface area contributed by atoms with E-state index in [9.17, 15) is 0 Å².